The van der Waals surface area contributed by atoms with E-state index in [-0.39, 0.29) is 16.8 Å². The van der Waals surface area contributed by atoms with Crippen LogP contribution in [0.4, 0.5) is 28.9 Å². The lowest BCUT2D eigenvalue weighted by Gasteiger charge is -2.24. The van der Waals surface area contributed by atoms with Crippen LogP contribution < -0.4 is 10.6 Å². The Morgan fingerprint density at radius 3 is 2.19 bits per heavy atom. The topological polar surface area (TPSA) is 37.0 Å². The van der Waals surface area contributed by atoms with Gasteiger partial charge in [-0.15, -0.1) is 0 Å². The molecule has 27 heavy (non-hydrogen) atoms. The number of para-hydroxylation sites is 2. The van der Waals surface area contributed by atoms with E-state index >= 15 is 0 Å². The van der Waals surface area contributed by atoms with Gasteiger partial charge < -0.3 is 10.6 Å². The molecule has 0 spiro atoms. The van der Waals surface area contributed by atoms with Gasteiger partial charge in [-0.3, -0.25) is 4.98 Å². The van der Waals surface area contributed by atoms with E-state index in [2.05, 4.69) is 15.6 Å². The fraction of sp³-hybridized carbons (Fsp3) is 0.105. The molecule has 0 atom stereocenters. The second kappa shape index (κ2) is 6.13. The van der Waals surface area contributed by atoms with Crippen LogP contribution in [0.25, 0.3) is 11.3 Å². The largest absolute Gasteiger partial charge is 0.418 e. The zero-order valence-electron chi connectivity index (χ0n) is 13.6. The van der Waals surface area contributed by atoms with Crippen LogP contribution in [0.5, 0.6) is 0 Å². The smallest absolute Gasteiger partial charge is 0.345 e. The molecule has 0 amide bonds. The maximum atomic E-state index is 14.8. The molecule has 2 heterocycles. The minimum absolute atomic E-state index is 0.0138. The third kappa shape index (κ3) is 3.08. The van der Waals surface area contributed by atoms with Crippen LogP contribution in [0, 0.1) is 5.82 Å². The molecule has 0 radical (unpaired) electrons. The number of anilines is 2. The molecule has 1 aliphatic rings. The summed E-state index contributed by atoms with van der Waals surface area (Å²) in [5.41, 5.74) is 0.200. The number of pyridine rings is 1. The van der Waals surface area contributed by atoms with Crippen molar-refractivity contribution in [1.82, 2.24) is 4.98 Å². The molecular weight excluding hydrogens is 382 g/mol. The third-order valence-corrected chi connectivity index (χ3v) is 4.66. The van der Waals surface area contributed by atoms with Gasteiger partial charge in [-0.2, -0.15) is 13.2 Å². The first-order chi connectivity index (χ1) is 12.8. The van der Waals surface area contributed by atoms with Gasteiger partial charge >= 0.3 is 6.18 Å². The average Bonchev–Trinajstić information content (AvgIpc) is 2.97. The standard InChI is InChI=1S/C19H12ClF4N3/c20-18(26-15-5-1-2-6-16(15)27-18)12-8-7-11(10-14(12)21)17-13(19(22,23)24)4-3-9-25-17/h1-10,26-27H. The molecule has 8 heteroatoms. The fourth-order valence-electron chi connectivity index (χ4n) is 3.04. The summed E-state index contributed by atoms with van der Waals surface area (Å²) in [5, 5.41) is 4.52. The number of fused-ring (bicyclic) bond motifs is 1. The Morgan fingerprint density at radius 1 is 0.926 bits per heavy atom. The second-order valence-corrected chi connectivity index (χ2v) is 6.61. The fourth-order valence-corrected chi connectivity index (χ4v) is 3.40. The third-order valence-electron chi connectivity index (χ3n) is 4.27. The van der Waals surface area contributed by atoms with E-state index in [1.807, 2.05) is 0 Å². The number of benzene rings is 2. The van der Waals surface area contributed by atoms with Crippen LogP contribution in [0.2, 0.25) is 0 Å². The first-order valence-corrected chi connectivity index (χ1v) is 8.33. The Kier molecular flexibility index (Phi) is 3.99. The van der Waals surface area contributed by atoms with E-state index in [1.54, 1.807) is 24.3 Å². The summed E-state index contributed by atoms with van der Waals surface area (Å²) in [7, 11) is 0. The van der Waals surface area contributed by atoms with Crippen molar-refractivity contribution in [1.29, 1.82) is 0 Å². The summed E-state index contributed by atoms with van der Waals surface area (Å²) >= 11 is 6.51. The lowest BCUT2D eigenvalue weighted by atomic mass is 10.0. The first-order valence-electron chi connectivity index (χ1n) is 7.95. The molecule has 2 aromatic carbocycles. The van der Waals surface area contributed by atoms with E-state index in [0.717, 1.165) is 12.1 Å². The summed E-state index contributed by atoms with van der Waals surface area (Å²) in [6, 6.07) is 13.0. The summed E-state index contributed by atoms with van der Waals surface area (Å²) in [6.07, 6.45) is -3.36. The van der Waals surface area contributed by atoms with Crippen LogP contribution >= 0.6 is 11.6 Å². The highest BCUT2D eigenvalue weighted by Crippen LogP contribution is 2.43. The van der Waals surface area contributed by atoms with Crippen molar-refractivity contribution < 1.29 is 17.6 Å². The van der Waals surface area contributed by atoms with E-state index in [4.69, 9.17) is 11.6 Å². The molecule has 4 rings (SSSR count). The number of hydrogen-bond donors (Lipinski definition) is 2. The summed E-state index contributed by atoms with van der Waals surface area (Å²) < 4.78 is 54.4. The van der Waals surface area contributed by atoms with Gasteiger partial charge in [-0.25, -0.2) is 4.39 Å². The summed E-state index contributed by atoms with van der Waals surface area (Å²) in [5.74, 6) is -0.755. The number of hydrogen-bond acceptors (Lipinski definition) is 3. The Balaban J connectivity index is 1.74. The predicted molar refractivity (Wildman–Crippen MR) is 95.9 cm³/mol. The lowest BCUT2D eigenvalue weighted by molar-refractivity contribution is -0.137. The van der Waals surface area contributed by atoms with Gasteiger partial charge in [0.05, 0.1) is 22.6 Å². The Bertz CT molecular complexity index is 995. The molecule has 3 nitrogen and oxygen atoms in total. The minimum atomic E-state index is -4.59. The van der Waals surface area contributed by atoms with Gasteiger partial charge in [-0.05, 0) is 36.4 Å². The number of rotatable bonds is 2. The van der Waals surface area contributed by atoms with E-state index < -0.39 is 22.7 Å². The summed E-state index contributed by atoms with van der Waals surface area (Å²) in [6.45, 7) is 0. The normalized spacial score (nSPS) is 15.0. The van der Waals surface area contributed by atoms with Gasteiger partial charge in [0.25, 0.3) is 0 Å². The predicted octanol–water partition coefficient (Wildman–Crippen LogP) is 5.79. The van der Waals surface area contributed by atoms with Crippen LogP contribution in [0.3, 0.4) is 0 Å². The molecule has 1 aliphatic heterocycles. The van der Waals surface area contributed by atoms with Crippen molar-refractivity contribution in [2.75, 3.05) is 10.6 Å². The Labute approximate surface area is 157 Å². The van der Waals surface area contributed by atoms with Gasteiger partial charge in [0.15, 0.2) is 0 Å². The molecular formula is C19H12ClF4N3. The van der Waals surface area contributed by atoms with Crippen molar-refractivity contribution in [3.05, 3.63) is 77.7 Å². The first kappa shape index (κ1) is 17.6. The maximum absolute atomic E-state index is 14.8. The van der Waals surface area contributed by atoms with Crippen LogP contribution in [-0.2, 0) is 11.3 Å². The number of nitrogens with zero attached hydrogens (tertiary/aromatic N) is 1. The van der Waals surface area contributed by atoms with Crippen molar-refractivity contribution >= 4 is 23.0 Å². The van der Waals surface area contributed by atoms with Gasteiger partial charge in [0.2, 0.25) is 5.12 Å². The van der Waals surface area contributed by atoms with Crippen molar-refractivity contribution in [3.8, 4) is 11.3 Å². The van der Waals surface area contributed by atoms with E-state index in [9.17, 15) is 17.6 Å². The molecule has 0 saturated heterocycles. The number of nitrogens with one attached hydrogen (secondary N) is 2. The quantitative estimate of drug-likeness (QED) is 0.328. The Hall–Kier alpha value is -2.80. The molecule has 138 valence electrons. The molecule has 0 aliphatic carbocycles. The van der Waals surface area contributed by atoms with Crippen molar-refractivity contribution in [2.45, 2.75) is 11.3 Å². The van der Waals surface area contributed by atoms with Crippen LogP contribution in [-0.4, -0.2) is 4.98 Å². The van der Waals surface area contributed by atoms with E-state index in [1.165, 1.54) is 24.4 Å². The highest BCUT2D eigenvalue weighted by molar-refractivity contribution is 6.27. The zero-order chi connectivity index (χ0) is 19.2. The van der Waals surface area contributed by atoms with Gasteiger partial charge in [0, 0.05) is 17.3 Å². The Morgan fingerprint density at radius 2 is 1.59 bits per heavy atom. The molecule has 0 saturated carbocycles. The lowest BCUT2D eigenvalue weighted by Crippen LogP contribution is -2.33. The molecule has 2 N–H and O–H groups in total. The van der Waals surface area contributed by atoms with E-state index in [0.29, 0.717) is 11.4 Å². The molecule has 1 aromatic heterocycles. The maximum Gasteiger partial charge on any atom is 0.418 e. The highest BCUT2D eigenvalue weighted by atomic mass is 35.5. The SMILES string of the molecule is Fc1cc(-c2ncccc2C(F)(F)F)ccc1C1(Cl)Nc2ccccc2N1. The van der Waals surface area contributed by atoms with Gasteiger partial charge in [-0.1, -0.05) is 29.8 Å². The number of halogens is 5. The molecule has 0 unspecified atom stereocenters. The average molecular weight is 394 g/mol. The minimum Gasteiger partial charge on any atom is -0.345 e. The van der Waals surface area contributed by atoms with Gasteiger partial charge in [0.1, 0.15) is 5.82 Å². The van der Waals surface area contributed by atoms with Crippen molar-refractivity contribution in [2.24, 2.45) is 0 Å². The highest BCUT2D eigenvalue weighted by Gasteiger charge is 2.39. The number of aromatic nitrogens is 1. The molecule has 0 bridgehead atoms. The van der Waals surface area contributed by atoms with Crippen LogP contribution in [0.1, 0.15) is 11.1 Å². The molecule has 0 fully saturated rings. The van der Waals surface area contributed by atoms with Crippen LogP contribution in [0.15, 0.2) is 60.8 Å². The summed E-state index contributed by atoms with van der Waals surface area (Å²) in [4.78, 5) is 3.78. The van der Waals surface area contributed by atoms with Crippen molar-refractivity contribution in [3.63, 3.8) is 0 Å². The number of alkyl halides is 4. The second-order valence-electron chi connectivity index (χ2n) is 6.05. The zero-order valence-corrected chi connectivity index (χ0v) is 14.4. The monoisotopic (exact) mass is 393 g/mol. The molecule has 3 aromatic rings.